The molecule has 1 atom stereocenters. The lowest BCUT2D eigenvalue weighted by Crippen LogP contribution is -2.42. The Morgan fingerprint density at radius 1 is 1.33 bits per heavy atom. The minimum atomic E-state index is 0.0448. The topological polar surface area (TPSA) is 50.8 Å². The molecular formula is C16H24N2O3. The lowest BCUT2D eigenvalue weighted by Gasteiger charge is -2.26. The Balaban J connectivity index is 2.03. The molecule has 0 spiro atoms. The summed E-state index contributed by atoms with van der Waals surface area (Å²) in [7, 11) is 3.28. The number of ether oxygens (including phenoxy) is 2. The van der Waals surface area contributed by atoms with Crippen LogP contribution in [0.5, 0.6) is 5.75 Å². The number of hydrogen-bond donors (Lipinski definition) is 1. The van der Waals surface area contributed by atoms with E-state index in [2.05, 4.69) is 5.32 Å². The molecule has 1 N–H and O–H groups in total. The summed E-state index contributed by atoms with van der Waals surface area (Å²) in [5, 5.41) is 3.43. The van der Waals surface area contributed by atoms with Gasteiger partial charge in [-0.25, -0.2) is 0 Å². The summed E-state index contributed by atoms with van der Waals surface area (Å²) in [6, 6.07) is 7.64. The Bertz CT molecular complexity index is 441. The summed E-state index contributed by atoms with van der Waals surface area (Å²) in [6.45, 7) is 2.93. The van der Waals surface area contributed by atoms with Crippen LogP contribution in [0.15, 0.2) is 24.3 Å². The fourth-order valence-electron chi connectivity index (χ4n) is 2.57. The second-order valence-electron chi connectivity index (χ2n) is 5.27. The molecule has 1 fully saturated rings. The molecule has 1 amide bonds. The second-order valence-corrected chi connectivity index (χ2v) is 5.27. The molecule has 1 aromatic rings. The zero-order valence-corrected chi connectivity index (χ0v) is 12.8. The number of benzene rings is 1. The lowest BCUT2D eigenvalue weighted by molar-refractivity contribution is 0.0679. The maximum atomic E-state index is 12.6. The third-order valence-corrected chi connectivity index (χ3v) is 3.79. The van der Waals surface area contributed by atoms with Crippen molar-refractivity contribution in [2.75, 3.05) is 40.5 Å². The van der Waals surface area contributed by atoms with Gasteiger partial charge in [0.05, 0.1) is 13.7 Å². The van der Waals surface area contributed by atoms with Crippen LogP contribution in [-0.2, 0) is 4.74 Å². The van der Waals surface area contributed by atoms with Gasteiger partial charge in [-0.2, -0.15) is 0 Å². The number of methoxy groups -OCH3 is 2. The summed E-state index contributed by atoms with van der Waals surface area (Å²) in [5.41, 5.74) is 0.685. The first kappa shape index (κ1) is 15.8. The Kier molecular flexibility index (Phi) is 6.02. The lowest BCUT2D eigenvalue weighted by atomic mass is 10.1. The average molecular weight is 292 g/mol. The molecule has 1 aliphatic rings. The fourth-order valence-corrected chi connectivity index (χ4v) is 2.57. The largest absolute Gasteiger partial charge is 0.497 e. The van der Waals surface area contributed by atoms with Crippen LogP contribution in [0.1, 0.15) is 23.2 Å². The van der Waals surface area contributed by atoms with E-state index in [-0.39, 0.29) is 5.91 Å². The van der Waals surface area contributed by atoms with Crippen molar-refractivity contribution in [1.29, 1.82) is 0 Å². The minimum Gasteiger partial charge on any atom is -0.497 e. The van der Waals surface area contributed by atoms with Crippen molar-refractivity contribution >= 4 is 5.91 Å². The van der Waals surface area contributed by atoms with Gasteiger partial charge in [0.2, 0.25) is 0 Å². The van der Waals surface area contributed by atoms with Gasteiger partial charge in [-0.05, 0) is 43.7 Å². The number of nitrogens with zero attached hydrogens (tertiary/aromatic N) is 1. The molecule has 1 heterocycles. The normalized spacial score (nSPS) is 17.7. The Labute approximate surface area is 126 Å². The van der Waals surface area contributed by atoms with Gasteiger partial charge in [-0.1, -0.05) is 0 Å². The molecule has 2 rings (SSSR count). The van der Waals surface area contributed by atoms with Crippen molar-refractivity contribution in [1.82, 2.24) is 10.2 Å². The summed E-state index contributed by atoms with van der Waals surface area (Å²) >= 11 is 0. The van der Waals surface area contributed by atoms with E-state index in [1.54, 1.807) is 14.2 Å². The van der Waals surface area contributed by atoms with Gasteiger partial charge in [0.1, 0.15) is 5.75 Å². The molecule has 0 radical (unpaired) electrons. The Hall–Kier alpha value is -1.59. The van der Waals surface area contributed by atoms with Crippen LogP contribution in [0, 0.1) is 0 Å². The van der Waals surface area contributed by atoms with E-state index < -0.39 is 0 Å². The number of nitrogens with one attached hydrogen (secondary N) is 1. The second kappa shape index (κ2) is 8.00. The molecule has 1 aromatic carbocycles. The molecule has 0 aliphatic carbocycles. The van der Waals surface area contributed by atoms with Gasteiger partial charge in [-0.3, -0.25) is 4.79 Å². The van der Waals surface area contributed by atoms with Gasteiger partial charge >= 0.3 is 0 Å². The zero-order chi connectivity index (χ0) is 15.1. The first-order valence-electron chi connectivity index (χ1n) is 7.40. The van der Waals surface area contributed by atoms with Gasteiger partial charge in [0.25, 0.3) is 5.91 Å². The molecule has 0 saturated carbocycles. The van der Waals surface area contributed by atoms with Gasteiger partial charge < -0.3 is 19.7 Å². The van der Waals surface area contributed by atoms with E-state index in [4.69, 9.17) is 9.47 Å². The van der Waals surface area contributed by atoms with Gasteiger partial charge in [-0.15, -0.1) is 0 Å². The minimum absolute atomic E-state index is 0.0448. The number of hydrogen-bond acceptors (Lipinski definition) is 4. The first-order valence-corrected chi connectivity index (χ1v) is 7.40. The predicted octanol–water partition coefficient (Wildman–Crippen LogP) is 1.54. The summed E-state index contributed by atoms with van der Waals surface area (Å²) in [6.07, 6.45) is 2.30. The molecule has 0 bridgehead atoms. The molecule has 1 aliphatic heterocycles. The highest BCUT2D eigenvalue weighted by Gasteiger charge is 2.22. The summed E-state index contributed by atoms with van der Waals surface area (Å²) in [5.74, 6) is 0.802. The molecular weight excluding hydrogens is 268 g/mol. The molecule has 1 unspecified atom stereocenters. The standard InChI is InChI=1S/C16H24N2O3/c1-20-11-10-18(12-14-4-3-9-17-14)16(19)13-5-7-15(21-2)8-6-13/h5-8,14,17H,3-4,9-12H2,1-2H3. The predicted molar refractivity (Wildman–Crippen MR) is 81.8 cm³/mol. The van der Waals surface area contributed by atoms with E-state index in [0.717, 1.165) is 25.3 Å². The van der Waals surface area contributed by atoms with Crippen molar-refractivity contribution in [3.8, 4) is 5.75 Å². The number of carbonyl (C=O) groups is 1. The average Bonchev–Trinajstić information content (AvgIpc) is 3.04. The molecule has 5 heteroatoms. The van der Waals surface area contributed by atoms with E-state index >= 15 is 0 Å². The SMILES string of the molecule is COCCN(CC1CCCN1)C(=O)c1ccc(OC)cc1. The van der Waals surface area contributed by atoms with Crippen molar-refractivity contribution in [2.24, 2.45) is 0 Å². The third-order valence-electron chi connectivity index (χ3n) is 3.79. The first-order chi connectivity index (χ1) is 10.2. The Morgan fingerprint density at radius 2 is 2.10 bits per heavy atom. The maximum absolute atomic E-state index is 12.6. The van der Waals surface area contributed by atoms with Crippen LogP contribution in [0.3, 0.4) is 0 Å². The quantitative estimate of drug-likeness (QED) is 0.828. The molecule has 21 heavy (non-hydrogen) atoms. The highest BCUT2D eigenvalue weighted by atomic mass is 16.5. The molecule has 0 aromatic heterocycles. The van der Waals surface area contributed by atoms with Crippen LogP contribution in [0.25, 0.3) is 0 Å². The van der Waals surface area contributed by atoms with E-state index in [0.29, 0.717) is 24.8 Å². The van der Waals surface area contributed by atoms with Crippen LogP contribution in [0.2, 0.25) is 0 Å². The van der Waals surface area contributed by atoms with E-state index in [9.17, 15) is 4.79 Å². The number of amides is 1. The monoisotopic (exact) mass is 292 g/mol. The smallest absolute Gasteiger partial charge is 0.253 e. The van der Waals surface area contributed by atoms with Crippen molar-refractivity contribution in [2.45, 2.75) is 18.9 Å². The third kappa shape index (κ3) is 4.44. The van der Waals surface area contributed by atoms with Crippen molar-refractivity contribution in [3.05, 3.63) is 29.8 Å². The van der Waals surface area contributed by atoms with Gasteiger partial charge in [0.15, 0.2) is 0 Å². The van der Waals surface area contributed by atoms with Gasteiger partial charge in [0, 0.05) is 31.8 Å². The highest BCUT2D eigenvalue weighted by Crippen LogP contribution is 2.14. The summed E-state index contributed by atoms with van der Waals surface area (Å²) < 4.78 is 10.3. The fraction of sp³-hybridized carbons (Fsp3) is 0.562. The molecule has 1 saturated heterocycles. The summed E-state index contributed by atoms with van der Waals surface area (Å²) in [4.78, 5) is 14.5. The van der Waals surface area contributed by atoms with Crippen LogP contribution in [0.4, 0.5) is 0 Å². The zero-order valence-electron chi connectivity index (χ0n) is 12.8. The highest BCUT2D eigenvalue weighted by molar-refractivity contribution is 5.94. The molecule has 116 valence electrons. The van der Waals surface area contributed by atoms with Crippen LogP contribution >= 0.6 is 0 Å². The molecule has 5 nitrogen and oxygen atoms in total. The van der Waals surface area contributed by atoms with Crippen molar-refractivity contribution in [3.63, 3.8) is 0 Å². The van der Waals surface area contributed by atoms with E-state index in [1.807, 2.05) is 29.2 Å². The van der Waals surface area contributed by atoms with Crippen molar-refractivity contribution < 1.29 is 14.3 Å². The van der Waals surface area contributed by atoms with E-state index in [1.165, 1.54) is 6.42 Å². The maximum Gasteiger partial charge on any atom is 0.253 e. The van der Waals surface area contributed by atoms with Crippen LogP contribution < -0.4 is 10.1 Å². The van der Waals surface area contributed by atoms with Crippen LogP contribution in [-0.4, -0.2) is 57.3 Å². The number of carbonyl (C=O) groups excluding carboxylic acids is 1. The number of rotatable bonds is 7. The Morgan fingerprint density at radius 3 is 2.67 bits per heavy atom.